The maximum absolute atomic E-state index is 13.1. The first-order valence-electron chi connectivity index (χ1n) is 8.95. The summed E-state index contributed by atoms with van der Waals surface area (Å²) in [5.74, 6) is 1.78. The largest absolute Gasteiger partial charge is 0.496 e. The van der Waals surface area contributed by atoms with E-state index in [1.807, 2.05) is 29.2 Å². The lowest BCUT2D eigenvalue weighted by Gasteiger charge is -2.28. The Balaban J connectivity index is 1.80. The lowest BCUT2D eigenvalue weighted by molar-refractivity contribution is -0.133. The van der Waals surface area contributed by atoms with Crippen LogP contribution in [0.1, 0.15) is 49.0 Å². The van der Waals surface area contributed by atoms with E-state index in [-0.39, 0.29) is 18.6 Å². The molecule has 0 bridgehead atoms. The molecule has 2 aromatic rings. The highest BCUT2D eigenvalue weighted by Crippen LogP contribution is 2.30. The van der Waals surface area contributed by atoms with Crippen LogP contribution in [-0.4, -0.2) is 41.7 Å². The predicted octanol–water partition coefficient (Wildman–Crippen LogP) is 2.91. The van der Waals surface area contributed by atoms with E-state index in [0.717, 1.165) is 37.0 Å². The summed E-state index contributed by atoms with van der Waals surface area (Å²) < 4.78 is 15.7. The number of ether oxygens (including phenoxy) is 2. The molecule has 0 aliphatic carbocycles. The van der Waals surface area contributed by atoms with Crippen LogP contribution in [0.5, 0.6) is 5.75 Å². The van der Waals surface area contributed by atoms with E-state index in [1.165, 1.54) is 0 Å². The number of rotatable bonds is 6. The normalized spacial score (nSPS) is 17.8. The Kier molecular flexibility index (Phi) is 6.22. The molecule has 7 nitrogen and oxygen atoms in total. The summed E-state index contributed by atoms with van der Waals surface area (Å²) in [4.78, 5) is 19.4. The van der Waals surface area contributed by atoms with Crippen molar-refractivity contribution in [3.05, 3.63) is 41.5 Å². The van der Waals surface area contributed by atoms with Gasteiger partial charge in [-0.25, -0.2) is 0 Å². The number of likely N-dealkylation sites (tertiary alicyclic amines) is 1. The lowest BCUT2D eigenvalue weighted by Crippen LogP contribution is -2.36. The van der Waals surface area contributed by atoms with Crippen molar-refractivity contribution in [1.82, 2.24) is 15.0 Å². The highest BCUT2D eigenvalue weighted by atomic mass is 16.5. The molecule has 26 heavy (non-hydrogen) atoms. The van der Waals surface area contributed by atoms with Crippen LogP contribution < -0.4 is 4.74 Å². The summed E-state index contributed by atoms with van der Waals surface area (Å²) >= 11 is 0. The van der Waals surface area contributed by atoms with E-state index in [4.69, 9.17) is 14.0 Å². The molecular formula is C19H25N3O4. The summed E-state index contributed by atoms with van der Waals surface area (Å²) in [6, 6.07) is 7.46. The molecule has 2 heterocycles. The van der Waals surface area contributed by atoms with Crippen molar-refractivity contribution in [3.63, 3.8) is 0 Å². The minimum atomic E-state index is -0.158. The maximum Gasteiger partial charge on any atom is 0.252 e. The first kappa shape index (κ1) is 18.4. The number of aromatic nitrogens is 2. The van der Waals surface area contributed by atoms with Crippen molar-refractivity contribution in [1.29, 1.82) is 0 Å². The minimum Gasteiger partial charge on any atom is -0.496 e. The monoisotopic (exact) mass is 359 g/mol. The third-order valence-corrected chi connectivity index (χ3v) is 4.66. The number of amides is 1. The van der Waals surface area contributed by atoms with Gasteiger partial charge in [-0.3, -0.25) is 4.79 Å². The first-order chi connectivity index (χ1) is 12.7. The fraction of sp³-hybridized carbons (Fsp3) is 0.526. The SMILES string of the molecule is COCc1nc(C2CCCCCN2C(=O)Cc2ccccc2OC)no1. The van der Waals surface area contributed by atoms with Crippen LogP contribution in [0.2, 0.25) is 0 Å². The van der Waals surface area contributed by atoms with Gasteiger partial charge < -0.3 is 18.9 Å². The zero-order valence-electron chi connectivity index (χ0n) is 15.3. The van der Waals surface area contributed by atoms with E-state index >= 15 is 0 Å². The van der Waals surface area contributed by atoms with E-state index in [1.54, 1.807) is 14.2 Å². The minimum absolute atomic E-state index is 0.0551. The van der Waals surface area contributed by atoms with Crippen molar-refractivity contribution >= 4 is 5.91 Å². The van der Waals surface area contributed by atoms with Crippen LogP contribution in [0.4, 0.5) is 0 Å². The van der Waals surface area contributed by atoms with Crippen LogP contribution >= 0.6 is 0 Å². The Bertz CT molecular complexity index is 731. The molecule has 0 N–H and O–H groups in total. The number of hydrogen-bond acceptors (Lipinski definition) is 6. The molecule has 1 aromatic heterocycles. The molecule has 1 fully saturated rings. The van der Waals surface area contributed by atoms with Gasteiger partial charge in [0.25, 0.3) is 5.89 Å². The number of methoxy groups -OCH3 is 2. The zero-order valence-corrected chi connectivity index (χ0v) is 15.3. The van der Waals surface area contributed by atoms with Gasteiger partial charge in [0.05, 0.1) is 19.6 Å². The second-order valence-electron chi connectivity index (χ2n) is 6.42. The molecule has 0 radical (unpaired) electrons. The second kappa shape index (κ2) is 8.80. The average molecular weight is 359 g/mol. The number of benzene rings is 1. The van der Waals surface area contributed by atoms with Crippen LogP contribution in [0, 0.1) is 0 Å². The Hall–Kier alpha value is -2.41. The molecular weight excluding hydrogens is 334 g/mol. The number of hydrogen-bond donors (Lipinski definition) is 0. The van der Waals surface area contributed by atoms with Crippen LogP contribution in [0.15, 0.2) is 28.8 Å². The third kappa shape index (κ3) is 4.22. The van der Waals surface area contributed by atoms with Gasteiger partial charge >= 0.3 is 0 Å². The highest BCUT2D eigenvalue weighted by Gasteiger charge is 2.30. The topological polar surface area (TPSA) is 77.7 Å². The fourth-order valence-electron chi connectivity index (χ4n) is 3.37. The van der Waals surface area contributed by atoms with Crippen LogP contribution in [0.3, 0.4) is 0 Å². The molecule has 1 aliphatic rings. The molecule has 1 atom stereocenters. The van der Waals surface area contributed by atoms with E-state index in [2.05, 4.69) is 10.1 Å². The standard InChI is InChI=1S/C19H25N3O4/c1-24-13-17-20-19(21-26-17)15-9-4-3-7-11-22(15)18(23)12-14-8-5-6-10-16(14)25-2/h5-6,8,10,15H,3-4,7,9,11-13H2,1-2H3. The van der Waals surface area contributed by atoms with Crippen molar-refractivity contribution in [2.45, 2.75) is 44.8 Å². The molecule has 0 spiro atoms. The number of carbonyl (C=O) groups is 1. The van der Waals surface area contributed by atoms with Gasteiger partial charge in [0.1, 0.15) is 12.4 Å². The highest BCUT2D eigenvalue weighted by molar-refractivity contribution is 5.80. The quantitative estimate of drug-likeness (QED) is 0.789. The van der Waals surface area contributed by atoms with E-state index < -0.39 is 0 Å². The first-order valence-corrected chi connectivity index (χ1v) is 8.95. The Morgan fingerprint density at radius 2 is 2.12 bits per heavy atom. The van der Waals surface area contributed by atoms with Gasteiger partial charge in [-0.2, -0.15) is 4.98 Å². The molecule has 1 saturated heterocycles. The molecule has 1 unspecified atom stereocenters. The van der Waals surface area contributed by atoms with Gasteiger partial charge in [-0.05, 0) is 18.9 Å². The van der Waals surface area contributed by atoms with Gasteiger partial charge in [0.2, 0.25) is 5.91 Å². The summed E-state index contributed by atoms with van der Waals surface area (Å²) in [5.41, 5.74) is 0.885. The zero-order chi connectivity index (χ0) is 18.4. The average Bonchev–Trinajstić information content (AvgIpc) is 2.97. The van der Waals surface area contributed by atoms with Crippen molar-refractivity contribution < 1.29 is 18.8 Å². The Morgan fingerprint density at radius 1 is 1.27 bits per heavy atom. The number of carbonyl (C=O) groups excluding carboxylic acids is 1. The molecule has 1 aliphatic heterocycles. The van der Waals surface area contributed by atoms with E-state index in [9.17, 15) is 4.79 Å². The fourth-order valence-corrected chi connectivity index (χ4v) is 3.37. The third-order valence-electron chi connectivity index (χ3n) is 4.66. The van der Waals surface area contributed by atoms with Crippen LogP contribution in [0.25, 0.3) is 0 Å². The van der Waals surface area contributed by atoms with Crippen molar-refractivity contribution in [2.24, 2.45) is 0 Å². The van der Waals surface area contributed by atoms with Gasteiger partial charge in [0.15, 0.2) is 5.82 Å². The van der Waals surface area contributed by atoms with Gasteiger partial charge in [-0.15, -0.1) is 0 Å². The summed E-state index contributed by atoms with van der Waals surface area (Å²) in [7, 11) is 3.20. The molecule has 140 valence electrons. The molecule has 1 amide bonds. The Labute approximate surface area is 153 Å². The molecule has 1 aromatic carbocycles. The number of para-hydroxylation sites is 1. The Morgan fingerprint density at radius 3 is 2.92 bits per heavy atom. The van der Waals surface area contributed by atoms with Gasteiger partial charge in [-0.1, -0.05) is 36.2 Å². The van der Waals surface area contributed by atoms with Crippen LogP contribution in [-0.2, 0) is 22.6 Å². The molecule has 0 saturated carbocycles. The summed E-state index contributed by atoms with van der Waals surface area (Å²) in [6.45, 7) is 0.974. The maximum atomic E-state index is 13.1. The van der Waals surface area contributed by atoms with Crippen molar-refractivity contribution in [2.75, 3.05) is 20.8 Å². The number of nitrogens with zero attached hydrogens (tertiary/aromatic N) is 3. The predicted molar refractivity (Wildman–Crippen MR) is 94.6 cm³/mol. The molecule has 3 rings (SSSR count). The lowest BCUT2D eigenvalue weighted by atomic mass is 10.1. The second-order valence-corrected chi connectivity index (χ2v) is 6.42. The summed E-state index contributed by atoms with van der Waals surface area (Å²) in [6.07, 6.45) is 4.25. The van der Waals surface area contributed by atoms with Gasteiger partial charge in [0, 0.05) is 19.2 Å². The smallest absolute Gasteiger partial charge is 0.252 e. The van der Waals surface area contributed by atoms with Crippen molar-refractivity contribution in [3.8, 4) is 5.75 Å². The summed E-state index contributed by atoms with van der Waals surface area (Å²) in [5, 5.41) is 4.09. The van der Waals surface area contributed by atoms with E-state index in [0.29, 0.717) is 24.7 Å². The molecule has 7 heteroatoms.